The van der Waals surface area contributed by atoms with Gasteiger partial charge in [-0.3, -0.25) is 0 Å². The lowest BCUT2D eigenvalue weighted by molar-refractivity contribution is 0.209. The lowest BCUT2D eigenvalue weighted by atomic mass is 9.93. The van der Waals surface area contributed by atoms with E-state index in [9.17, 15) is 9.50 Å². The standard InChI is InChI=1S/C15H18ClFO/c16-13-10-12(8-9-14(13)17)15(18)11-6-4-2-1-3-5-7-11/h6,8-10,15,18H,1-5,7H2/b11-6+. The Labute approximate surface area is 112 Å². The molecule has 1 aromatic rings. The fraction of sp³-hybridized carbons (Fsp3) is 0.467. The van der Waals surface area contributed by atoms with E-state index in [2.05, 4.69) is 6.08 Å². The van der Waals surface area contributed by atoms with E-state index in [0.29, 0.717) is 5.56 Å². The predicted octanol–water partition coefficient (Wildman–Crippen LogP) is 4.79. The van der Waals surface area contributed by atoms with Crippen LogP contribution in [-0.4, -0.2) is 5.11 Å². The van der Waals surface area contributed by atoms with Gasteiger partial charge >= 0.3 is 0 Å². The van der Waals surface area contributed by atoms with Crippen LogP contribution in [0.1, 0.15) is 50.2 Å². The smallest absolute Gasteiger partial charge is 0.141 e. The molecular weight excluding hydrogens is 251 g/mol. The average Bonchev–Trinajstić information content (AvgIpc) is 2.31. The third-order valence-corrected chi connectivity index (χ3v) is 3.73. The van der Waals surface area contributed by atoms with Gasteiger partial charge in [-0.25, -0.2) is 4.39 Å². The van der Waals surface area contributed by atoms with Crippen molar-refractivity contribution in [3.05, 3.63) is 46.3 Å². The summed E-state index contributed by atoms with van der Waals surface area (Å²) in [6.07, 6.45) is 8.17. The molecule has 1 atom stereocenters. The van der Waals surface area contributed by atoms with Crippen LogP contribution in [-0.2, 0) is 0 Å². The Hall–Kier alpha value is -0.860. The summed E-state index contributed by atoms with van der Waals surface area (Å²) >= 11 is 5.75. The van der Waals surface area contributed by atoms with Crippen LogP contribution in [0.15, 0.2) is 29.8 Å². The Morgan fingerprint density at radius 1 is 1.17 bits per heavy atom. The third kappa shape index (κ3) is 3.33. The summed E-state index contributed by atoms with van der Waals surface area (Å²) in [5.41, 5.74) is 1.71. The van der Waals surface area contributed by atoms with Gasteiger partial charge in [-0.1, -0.05) is 36.6 Å². The van der Waals surface area contributed by atoms with E-state index in [0.717, 1.165) is 24.8 Å². The lowest BCUT2D eigenvalue weighted by Crippen LogP contribution is -2.04. The van der Waals surface area contributed by atoms with Gasteiger partial charge in [-0.15, -0.1) is 0 Å². The molecule has 0 saturated carbocycles. The van der Waals surface area contributed by atoms with Crippen molar-refractivity contribution in [3.8, 4) is 0 Å². The molecule has 0 fully saturated rings. The van der Waals surface area contributed by atoms with Crippen molar-refractivity contribution in [2.24, 2.45) is 0 Å². The minimum atomic E-state index is -0.652. The highest BCUT2D eigenvalue weighted by molar-refractivity contribution is 6.30. The molecule has 2 rings (SSSR count). The summed E-state index contributed by atoms with van der Waals surface area (Å²) in [7, 11) is 0. The second-order valence-corrected chi connectivity index (χ2v) is 5.22. The van der Waals surface area contributed by atoms with E-state index >= 15 is 0 Å². The number of benzene rings is 1. The number of aliphatic hydroxyl groups excluding tert-OH is 1. The summed E-state index contributed by atoms with van der Waals surface area (Å²) in [6, 6.07) is 4.43. The molecule has 1 N–H and O–H groups in total. The second kappa shape index (κ2) is 6.35. The molecule has 0 heterocycles. The zero-order valence-corrected chi connectivity index (χ0v) is 11.1. The first-order valence-corrected chi connectivity index (χ1v) is 6.88. The summed E-state index contributed by atoms with van der Waals surface area (Å²) in [6.45, 7) is 0. The molecule has 0 saturated heterocycles. The highest BCUT2D eigenvalue weighted by Crippen LogP contribution is 2.30. The van der Waals surface area contributed by atoms with Gasteiger partial charge in [0.1, 0.15) is 11.9 Å². The van der Waals surface area contributed by atoms with E-state index < -0.39 is 11.9 Å². The van der Waals surface area contributed by atoms with E-state index in [1.54, 1.807) is 6.07 Å². The Morgan fingerprint density at radius 2 is 1.94 bits per heavy atom. The molecule has 1 aromatic carbocycles. The zero-order chi connectivity index (χ0) is 13.0. The lowest BCUT2D eigenvalue weighted by Gasteiger charge is -2.18. The summed E-state index contributed by atoms with van der Waals surface area (Å²) in [4.78, 5) is 0. The topological polar surface area (TPSA) is 20.2 Å². The van der Waals surface area contributed by atoms with Crippen molar-refractivity contribution < 1.29 is 9.50 Å². The van der Waals surface area contributed by atoms with Gasteiger partial charge in [-0.2, -0.15) is 0 Å². The van der Waals surface area contributed by atoms with Crippen molar-refractivity contribution in [3.63, 3.8) is 0 Å². The molecule has 0 aromatic heterocycles. The van der Waals surface area contributed by atoms with E-state index in [-0.39, 0.29) is 5.02 Å². The van der Waals surface area contributed by atoms with Crippen LogP contribution >= 0.6 is 11.6 Å². The van der Waals surface area contributed by atoms with Crippen LogP contribution in [0.5, 0.6) is 0 Å². The molecular formula is C15H18ClFO. The number of hydrogen-bond donors (Lipinski definition) is 1. The van der Waals surface area contributed by atoms with Gasteiger partial charge in [0.05, 0.1) is 5.02 Å². The SMILES string of the molecule is OC(/C1=C/CCCCCC1)c1ccc(F)c(Cl)c1. The maximum Gasteiger partial charge on any atom is 0.141 e. The minimum Gasteiger partial charge on any atom is -0.384 e. The van der Waals surface area contributed by atoms with Crippen LogP contribution in [0.4, 0.5) is 4.39 Å². The van der Waals surface area contributed by atoms with Crippen molar-refractivity contribution in [2.75, 3.05) is 0 Å². The maximum absolute atomic E-state index is 13.1. The van der Waals surface area contributed by atoms with Gasteiger partial charge in [0.2, 0.25) is 0 Å². The fourth-order valence-electron chi connectivity index (χ4n) is 2.36. The monoisotopic (exact) mass is 268 g/mol. The van der Waals surface area contributed by atoms with Crippen molar-refractivity contribution >= 4 is 11.6 Å². The van der Waals surface area contributed by atoms with Crippen LogP contribution in [0, 0.1) is 5.82 Å². The highest BCUT2D eigenvalue weighted by Gasteiger charge is 2.15. The first kappa shape index (κ1) is 13.6. The minimum absolute atomic E-state index is 0.0676. The molecule has 18 heavy (non-hydrogen) atoms. The van der Waals surface area contributed by atoms with Crippen LogP contribution < -0.4 is 0 Å². The molecule has 1 aliphatic rings. The molecule has 0 bridgehead atoms. The molecule has 1 aliphatic carbocycles. The van der Waals surface area contributed by atoms with Gasteiger partial charge in [-0.05, 0) is 49.0 Å². The Morgan fingerprint density at radius 3 is 2.72 bits per heavy atom. The summed E-state index contributed by atoms with van der Waals surface area (Å²) < 4.78 is 13.1. The molecule has 1 nitrogen and oxygen atoms in total. The maximum atomic E-state index is 13.1. The number of aliphatic hydroxyl groups is 1. The molecule has 0 aliphatic heterocycles. The second-order valence-electron chi connectivity index (χ2n) is 4.81. The molecule has 0 amide bonds. The Kier molecular flexibility index (Phi) is 4.79. The fourth-order valence-corrected chi connectivity index (χ4v) is 2.55. The molecule has 0 spiro atoms. The van der Waals surface area contributed by atoms with E-state index in [4.69, 9.17) is 11.6 Å². The van der Waals surface area contributed by atoms with Crippen LogP contribution in [0.2, 0.25) is 5.02 Å². The van der Waals surface area contributed by atoms with Gasteiger partial charge in [0.25, 0.3) is 0 Å². The molecule has 0 radical (unpaired) electrons. The normalized spacial score (nSPS) is 21.6. The van der Waals surface area contributed by atoms with Gasteiger partial charge in [0, 0.05) is 0 Å². The highest BCUT2D eigenvalue weighted by atomic mass is 35.5. The molecule has 98 valence electrons. The summed E-state index contributed by atoms with van der Waals surface area (Å²) in [5.74, 6) is -0.445. The zero-order valence-electron chi connectivity index (χ0n) is 10.3. The third-order valence-electron chi connectivity index (χ3n) is 3.44. The van der Waals surface area contributed by atoms with Gasteiger partial charge in [0.15, 0.2) is 0 Å². The Bertz CT molecular complexity index is 442. The summed E-state index contributed by atoms with van der Waals surface area (Å²) in [5, 5.41) is 10.4. The van der Waals surface area contributed by atoms with Crippen molar-refractivity contribution in [1.82, 2.24) is 0 Å². The van der Waals surface area contributed by atoms with E-state index in [1.807, 2.05) is 0 Å². The van der Waals surface area contributed by atoms with Crippen molar-refractivity contribution in [1.29, 1.82) is 0 Å². The van der Waals surface area contributed by atoms with Crippen molar-refractivity contribution in [2.45, 2.75) is 44.6 Å². The van der Waals surface area contributed by atoms with Crippen LogP contribution in [0.25, 0.3) is 0 Å². The number of halogens is 2. The number of rotatable bonds is 2. The number of allylic oxidation sites excluding steroid dienone is 1. The van der Waals surface area contributed by atoms with Gasteiger partial charge < -0.3 is 5.11 Å². The first-order chi connectivity index (χ1) is 8.68. The Balaban J connectivity index is 2.18. The largest absolute Gasteiger partial charge is 0.384 e. The predicted molar refractivity (Wildman–Crippen MR) is 72.2 cm³/mol. The quantitative estimate of drug-likeness (QED) is 0.765. The number of hydrogen-bond acceptors (Lipinski definition) is 1. The average molecular weight is 269 g/mol. The molecule has 1 unspecified atom stereocenters. The first-order valence-electron chi connectivity index (χ1n) is 6.50. The van der Waals surface area contributed by atoms with Crippen LogP contribution in [0.3, 0.4) is 0 Å². The van der Waals surface area contributed by atoms with E-state index in [1.165, 1.54) is 31.4 Å². The molecule has 3 heteroatoms.